The Hall–Kier alpha value is 0.170. The molecule has 0 aromatic carbocycles. The molecule has 0 bridgehead atoms. The van der Waals surface area contributed by atoms with Crippen LogP contribution in [0, 0.1) is 23.7 Å². The SMILES string of the molecule is CCC1CCOC(C(C)C)C1.CCC1NC(O)CC1C(C)CCl. The number of hydrogen-bond acceptors (Lipinski definition) is 3. The van der Waals surface area contributed by atoms with Crippen LogP contribution in [-0.2, 0) is 4.74 Å². The highest BCUT2D eigenvalue weighted by Crippen LogP contribution is 2.29. The van der Waals surface area contributed by atoms with Gasteiger partial charge in [0.05, 0.1) is 6.10 Å². The summed E-state index contributed by atoms with van der Waals surface area (Å²) >= 11 is 5.79. The topological polar surface area (TPSA) is 41.5 Å². The van der Waals surface area contributed by atoms with E-state index in [2.05, 4.69) is 39.9 Å². The van der Waals surface area contributed by atoms with Crippen molar-refractivity contribution in [2.75, 3.05) is 12.5 Å². The van der Waals surface area contributed by atoms with Crippen LogP contribution in [0.15, 0.2) is 0 Å². The summed E-state index contributed by atoms with van der Waals surface area (Å²) in [7, 11) is 0. The van der Waals surface area contributed by atoms with Crippen LogP contribution in [0.25, 0.3) is 0 Å². The molecule has 0 aromatic rings. The highest BCUT2D eigenvalue weighted by Gasteiger charge is 2.34. The molecule has 2 fully saturated rings. The smallest absolute Gasteiger partial charge is 0.105 e. The van der Waals surface area contributed by atoms with Crippen molar-refractivity contribution < 1.29 is 9.84 Å². The third-order valence-corrected chi connectivity index (χ3v) is 6.06. The molecule has 0 aliphatic carbocycles. The van der Waals surface area contributed by atoms with E-state index in [9.17, 15) is 5.11 Å². The summed E-state index contributed by atoms with van der Waals surface area (Å²) in [4.78, 5) is 0. The van der Waals surface area contributed by atoms with E-state index in [1.54, 1.807) is 0 Å². The zero-order valence-electron chi connectivity index (χ0n) is 15.7. The van der Waals surface area contributed by atoms with Gasteiger partial charge in [0.1, 0.15) is 6.23 Å². The number of aliphatic hydroxyl groups excluding tert-OH is 1. The lowest BCUT2D eigenvalue weighted by molar-refractivity contribution is -0.0345. The molecule has 6 atom stereocenters. The second-order valence-corrected chi connectivity index (χ2v) is 7.99. The molecule has 3 nitrogen and oxygen atoms in total. The summed E-state index contributed by atoms with van der Waals surface area (Å²) in [6.45, 7) is 12.1. The van der Waals surface area contributed by atoms with E-state index in [-0.39, 0.29) is 6.23 Å². The number of alkyl halides is 1. The Bertz CT molecular complexity index is 314. The highest BCUT2D eigenvalue weighted by atomic mass is 35.5. The van der Waals surface area contributed by atoms with Crippen molar-refractivity contribution in [2.24, 2.45) is 23.7 Å². The van der Waals surface area contributed by atoms with Gasteiger partial charge in [-0.1, -0.05) is 41.0 Å². The molecule has 2 saturated heterocycles. The fourth-order valence-corrected chi connectivity index (χ4v) is 3.99. The molecule has 0 saturated carbocycles. The molecule has 23 heavy (non-hydrogen) atoms. The van der Waals surface area contributed by atoms with E-state index in [1.165, 1.54) is 19.3 Å². The number of nitrogens with one attached hydrogen (secondary N) is 1. The van der Waals surface area contributed by atoms with Crippen molar-refractivity contribution in [1.29, 1.82) is 0 Å². The molecule has 4 heteroatoms. The average molecular weight is 348 g/mol. The Morgan fingerprint density at radius 2 is 1.87 bits per heavy atom. The molecular weight excluding hydrogens is 310 g/mol. The molecular formula is C19H38ClNO2. The normalized spacial score (nSPS) is 35.7. The molecule has 138 valence electrons. The third-order valence-electron chi connectivity index (χ3n) is 5.58. The molecule has 0 radical (unpaired) electrons. The van der Waals surface area contributed by atoms with Crippen molar-refractivity contribution in [1.82, 2.24) is 5.32 Å². The van der Waals surface area contributed by atoms with Gasteiger partial charge in [-0.3, -0.25) is 5.32 Å². The lowest BCUT2D eigenvalue weighted by Gasteiger charge is -2.31. The first-order chi connectivity index (χ1) is 10.9. The van der Waals surface area contributed by atoms with Gasteiger partial charge in [0.15, 0.2) is 0 Å². The van der Waals surface area contributed by atoms with Gasteiger partial charge in [-0.05, 0) is 49.4 Å². The lowest BCUT2D eigenvalue weighted by atomic mass is 9.87. The molecule has 0 aromatic heterocycles. The van der Waals surface area contributed by atoms with Crippen molar-refractivity contribution in [3.8, 4) is 0 Å². The Labute approximate surface area is 148 Å². The summed E-state index contributed by atoms with van der Waals surface area (Å²) in [5.41, 5.74) is 0. The summed E-state index contributed by atoms with van der Waals surface area (Å²) in [5, 5.41) is 12.6. The second-order valence-electron chi connectivity index (χ2n) is 7.68. The maximum absolute atomic E-state index is 9.39. The van der Waals surface area contributed by atoms with Gasteiger partial charge < -0.3 is 9.84 Å². The fraction of sp³-hybridized carbons (Fsp3) is 1.00. The van der Waals surface area contributed by atoms with Crippen LogP contribution in [-0.4, -0.2) is 36.0 Å². The van der Waals surface area contributed by atoms with Crippen LogP contribution in [0.3, 0.4) is 0 Å². The first kappa shape index (κ1) is 21.2. The summed E-state index contributed by atoms with van der Waals surface area (Å²) in [6, 6.07) is 0.453. The van der Waals surface area contributed by atoms with Crippen LogP contribution in [0.2, 0.25) is 0 Å². The van der Waals surface area contributed by atoms with E-state index in [1.807, 2.05) is 0 Å². The van der Waals surface area contributed by atoms with Gasteiger partial charge in [-0.25, -0.2) is 0 Å². The predicted octanol–water partition coefficient (Wildman–Crippen LogP) is 4.42. The first-order valence-corrected chi connectivity index (χ1v) is 10.1. The Morgan fingerprint density at radius 3 is 2.39 bits per heavy atom. The Balaban J connectivity index is 0.000000231. The molecule has 6 unspecified atom stereocenters. The van der Waals surface area contributed by atoms with Crippen LogP contribution in [0.1, 0.15) is 66.7 Å². The molecule has 0 amide bonds. The lowest BCUT2D eigenvalue weighted by Crippen LogP contribution is -2.32. The summed E-state index contributed by atoms with van der Waals surface area (Å²) < 4.78 is 5.67. The van der Waals surface area contributed by atoms with E-state index in [4.69, 9.17) is 16.3 Å². The van der Waals surface area contributed by atoms with Crippen LogP contribution in [0.5, 0.6) is 0 Å². The first-order valence-electron chi connectivity index (χ1n) is 9.54. The maximum atomic E-state index is 9.39. The minimum Gasteiger partial charge on any atom is -0.379 e. The van der Waals surface area contributed by atoms with Crippen molar-refractivity contribution >= 4 is 11.6 Å². The molecule has 2 N–H and O–H groups in total. The van der Waals surface area contributed by atoms with E-state index in [0.717, 1.165) is 25.4 Å². The zero-order chi connectivity index (χ0) is 17.4. The van der Waals surface area contributed by atoms with Crippen LogP contribution < -0.4 is 5.32 Å². The standard InChI is InChI=1S/C10H20O.C9H18ClNO/c1-4-9-5-6-11-10(7-9)8(2)3;1-3-8-7(6(2)5-10)4-9(12)11-8/h8-10H,4-7H2,1-3H3;6-9,11-12H,3-5H2,1-2H3. The minimum absolute atomic E-state index is 0.314. The monoisotopic (exact) mass is 347 g/mol. The highest BCUT2D eigenvalue weighted by molar-refractivity contribution is 6.18. The zero-order valence-corrected chi connectivity index (χ0v) is 16.5. The van der Waals surface area contributed by atoms with E-state index >= 15 is 0 Å². The largest absolute Gasteiger partial charge is 0.379 e. The number of hydrogen-bond donors (Lipinski definition) is 2. The number of ether oxygens (including phenoxy) is 1. The number of halogens is 1. The fourth-order valence-electron chi connectivity index (χ4n) is 3.76. The number of aliphatic hydroxyl groups is 1. The molecule has 0 spiro atoms. The van der Waals surface area contributed by atoms with Crippen LogP contribution >= 0.6 is 11.6 Å². The molecule has 2 aliphatic heterocycles. The Morgan fingerprint density at radius 1 is 1.17 bits per heavy atom. The Kier molecular flexibility index (Phi) is 10.1. The van der Waals surface area contributed by atoms with Gasteiger partial charge in [-0.2, -0.15) is 0 Å². The molecule has 2 aliphatic rings. The number of rotatable bonds is 5. The summed E-state index contributed by atoms with van der Waals surface area (Å²) in [5.74, 6) is 3.36. The van der Waals surface area contributed by atoms with Crippen molar-refractivity contribution in [3.05, 3.63) is 0 Å². The van der Waals surface area contributed by atoms with Gasteiger partial charge in [0.25, 0.3) is 0 Å². The van der Waals surface area contributed by atoms with Crippen LogP contribution in [0.4, 0.5) is 0 Å². The summed E-state index contributed by atoms with van der Waals surface area (Å²) in [6.07, 6.45) is 6.04. The van der Waals surface area contributed by atoms with Gasteiger partial charge >= 0.3 is 0 Å². The quantitative estimate of drug-likeness (QED) is 0.723. The van der Waals surface area contributed by atoms with E-state index < -0.39 is 0 Å². The van der Waals surface area contributed by atoms with Crippen molar-refractivity contribution in [3.63, 3.8) is 0 Å². The molecule has 2 heterocycles. The second kappa shape index (κ2) is 10.9. The average Bonchev–Trinajstić information content (AvgIpc) is 2.95. The van der Waals surface area contributed by atoms with Gasteiger partial charge in [0, 0.05) is 18.5 Å². The van der Waals surface area contributed by atoms with Gasteiger partial charge in [0.2, 0.25) is 0 Å². The van der Waals surface area contributed by atoms with Gasteiger partial charge in [-0.15, -0.1) is 11.6 Å². The third kappa shape index (κ3) is 6.89. The van der Waals surface area contributed by atoms with E-state index in [0.29, 0.717) is 35.8 Å². The minimum atomic E-state index is -0.314. The van der Waals surface area contributed by atoms with Crippen molar-refractivity contribution in [2.45, 2.75) is 85.1 Å². The predicted molar refractivity (Wildman–Crippen MR) is 98.8 cm³/mol. The maximum Gasteiger partial charge on any atom is 0.105 e. The molecule has 2 rings (SSSR count).